The summed E-state index contributed by atoms with van der Waals surface area (Å²) in [6.45, 7) is 6.10. The van der Waals surface area contributed by atoms with Gasteiger partial charge in [0.1, 0.15) is 23.8 Å². The molecule has 1 aliphatic carbocycles. The molecular formula is C50H62FN13O7. The van der Waals surface area contributed by atoms with Crippen LogP contribution in [0.4, 0.5) is 32.5 Å². The number of halogens is 1. The number of anilines is 4. The number of methoxy groups -OCH3 is 1. The Kier molecular flexibility index (Phi) is 14.1. The molecule has 1 unspecified atom stereocenters. The maximum atomic E-state index is 14.7. The van der Waals surface area contributed by atoms with E-state index in [4.69, 9.17) is 9.72 Å². The number of imide groups is 2. The van der Waals surface area contributed by atoms with Crippen molar-refractivity contribution in [2.75, 3.05) is 88.1 Å². The number of rotatable bonds is 14. The Hall–Kier alpha value is -6.74. The normalized spacial score (nSPS) is 22.6. The summed E-state index contributed by atoms with van der Waals surface area (Å²) in [4.78, 5) is 101. The van der Waals surface area contributed by atoms with Gasteiger partial charge in [-0.2, -0.15) is 4.98 Å². The van der Waals surface area contributed by atoms with Crippen LogP contribution in [0.15, 0.2) is 48.9 Å². The molecule has 4 N–H and O–H groups in total. The number of fused-ring (bicyclic) bond motifs is 2. The number of nitrogens with one attached hydrogen (secondary N) is 4. The van der Waals surface area contributed by atoms with Gasteiger partial charge >= 0.3 is 6.03 Å². The molecule has 8 heterocycles. The van der Waals surface area contributed by atoms with E-state index < -0.39 is 41.9 Å². The summed E-state index contributed by atoms with van der Waals surface area (Å²) in [7, 11) is 1.53. The summed E-state index contributed by atoms with van der Waals surface area (Å²) in [6, 6.07) is 8.00. The number of ether oxygens (including phenoxy) is 1. The van der Waals surface area contributed by atoms with Crippen LogP contribution < -0.4 is 26.2 Å². The Bertz CT molecular complexity index is 2680. The third kappa shape index (κ3) is 10.1. The number of carbonyl (C=O) groups excluding carboxylic acids is 6. The maximum Gasteiger partial charge on any atom is 0.320 e. The highest BCUT2D eigenvalue weighted by Gasteiger charge is 2.45. The van der Waals surface area contributed by atoms with E-state index in [9.17, 15) is 33.2 Å². The largest absolute Gasteiger partial charge is 0.384 e. The SMILES string of the molecule is CO[C@@H]1CCN(c2nccc(Nc3cc4c(cn3)c(C(=O)NC3CCN(C(=O)N5CCN(CCCCNc6cccc7c6C(=O)N(C6CCC(=O)NC6=O)C7=O)CC5)CC3)cn4C3CCCC3)n2)C[C@@H]1F. The number of benzene rings is 1. The summed E-state index contributed by atoms with van der Waals surface area (Å²) < 4.78 is 22.2. The molecule has 0 bridgehead atoms. The Morgan fingerprint density at radius 3 is 2.42 bits per heavy atom. The van der Waals surface area contributed by atoms with E-state index in [-0.39, 0.29) is 54.5 Å². The quantitative estimate of drug-likeness (QED) is 0.101. The van der Waals surface area contributed by atoms with Crippen molar-refractivity contribution in [1.82, 2.24) is 49.8 Å². The number of unbranched alkanes of at least 4 members (excludes halogenated alkanes) is 1. The van der Waals surface area contributed by atoms with E-state index in [1.807, 2.05) is 27.0 Å². The molecule has 1 aromatic carbocycles. The molecule has 20 nitrogen and oxygen atoms in total. The Labute approximate surface area is 411 Å². The third-order valence-corrected chi connectivity index (χ3v) is 15.1. The van der Waals surface area contributed by atoms with Crippen molar-refractivity contribution in [2.24, 2.45) is 0 Å². The van der Waals surface area contributed by atoms with Crippen LogP contribution in [-0.4, -0.2) is 172 Å². The van der Waals surface area contributed by atoms with Crippen LogP contribution in [0.25, 0.3) is 10.9 Å². The van der Waals surface area contributed by atoms with Crippen molar-refractivity contribution in [3.63, 3.8) is 0 Å². The zero-order valence-corrected chi connectivity index (χ0v) is 40.1. The van der Waals surface area contributed by atoms with Crippen LogP contribution >= 0.6 is 0 Å². The van der Waals surface area contributed by atoms with Crippen LogP contribution in [-0.2, 0) is 14.3 Å². The molecule has 4 saturated heterocycles. The monoisotopic (exact) mass is 975 g/mol. The van der Waals surface area contributed by atoms with E-state index in [2.05, 4.69) is 40.7 Å². The summed E-state index contributed by atoms with van der Waals surface area (Å²) >= 11 is 0. The van der Waals surface area contributed by atoms with Crippen molar-refractivity contribution in [3.05, 3.63) is 65.6 Å². The Balaban J connectivity index is 0.672. The van der Waals surface area contributed by atoms with Gasteiger partial charge in [0, 0.05) is 114 Å². The number of hydrogen-bond acceptors (Lipinski definition) is 14. The number of piperazine rings is 1. The molecular weight excluding hydrogens is 914 g/mol. The van der Waals surface area contributed by atoms with Gasteiger partial charge in [-0.3, -0.25) is 39.1 Å². The molecule has 7 amide bonds. The van der Waals surface area contributed by atoms with Gasteiger partial charge in [-0.1, -0.05) is 18.9 Å². The highest BCUT2D eigenvalue weighted by molar-refractivity contribution is 6.25. The number of piperidine rings is 3. The van der Waals surface area contributed by atoms with Gasteiger partial charge in [-0.05, 0) is 76.1 Å². The predicted octanol–water partition coefficient (Wildman–Crippen LogP) is 4.47. The van der Waals surface area contributed by atoms with Gasteiger partial charge in [0.05, 0.1) is 34.9 Å². The average molecular weight is 976 g/mol. The second-order valence-electron chi connectivity index (χ2n) is 19.5. The van der Waals surface area contributed by atoms with Gasteiger partial charge in [-0.15, -0.1) is 0 Å². The lowest BCUT2D eigenvalue weighted by atomic mass is 10.0. The lowest BCUT2D eigenvalue weighted by Gasteiger charge is -2.39. The topological polar surface area (TPSA) is 220 Å². The van der Waals surface area contributed by atoms with E-state index in [0.29, 0.717) is 87.4 Å². The summed E-state index contributed by atoms with van der Waals surface area (Å²) in [5.41, 5.74) is 2.54. The molecule has 3 aromatic heterocycles. The number of amides is 7. The highest BCUT2D eigenvalue weighted by atomic mass is 19.1. The van der Waals surface area contributed by atoms with Gasteiger partial charge in [0.15, 0.2) is 0 Å². The molecule has 5 aliphatic heterocycles. The zero-order chi connectivity index (χ0) is 49.2. The summed E-state index contributed by atoms with van der Waals surface area (Å²) in [5.74, 6) is -0.710. The number of pyridine rings is 1. The predicted molar refractivity (Wildman–Crippen MR) is 261 cm³/mol. The van der Waals surface area contributed by atoms with Crippen LogP contribution in [0, 0.1) is 0 Å². The zero-order valence-electron chi connectivity index (χ0n) is 40.1. The maximum absolute atomic E-state index is 14.7. The van der Waals surface area contributed by atoms with Crippen LogP contribution in [0.5, 0.6) is 0 Å². The minimum absolute atomic E-state index is 0.0339. The van der Waals surface area contributed by atoms with Crippen molar-refractivity contribution >= 4 is 69.7 Å². The number of likely N-dealkylation sites (tertiary alicyclic amines) is 1. The first-order valence-corrected chi connectivity index (χ1v) is 25.2. The molecule has 71 heavy (non-hydrogen) atoms. The van der Waals surface area contributed by atoms with Gasteiger partial charge < -0.3 is 40.0 Å². The third-order valence-electron chi connectivity index (χ3n) is 15.1. The fraction of sp³-hybridized carbons (Fsp3) is 0.540. The second-order valence-corrected chi connectivity index (χ2v) is 19.5. The van der Waals surface area contributed by atoms with E-state index >= 15 is 0 Å². The number of alkyl halides is 1. The number of aromatic nitrogens is 4. The number of carbonyl (C=O) groups is 6. The fourth-order valence-corrected chi connectivity index (χ4v) is 11.1. The molecule has 4 aromatic rings. The van der Waals surface area contributed by atoms with Crippen LogP contribution in [0.1, 0.15) is 108 Å². The molecule has 6 aliphatic rings. The summed E-state index contributed by atoms with van der Waals surface area (Å²) in [6.07, 6.45) is 11.9. The molecule has 3 atom stereocenters. The average Bonchev–Trinajstić information content (AvgIpc) is 4.11. The molecule has 0 radical (unpaired) electrons. The van der Waals surface area contributed by atoms with Crippen molar-refractivity contribution in [1.29, 1.82) is 0 Å². The van der Waals surface area contributed by atoms with Gasteiger partial charge in [0.25, 0.3) is 17.7 Å². The first kappa shape index (κ1) is 47.9. The molecule has 5 fully saturated rings. The van der Waals surface area contributed by atoms with Gasteiger partial charge in [-0.25, -0.2) is 19.2 Å². The van der Waals surface area contributed by atoms with Crippen molar-refractivity contribution < 1.29 is 37.9 Å². The molecule has 1 saturated carbocycles. The molecule has 21 heteroatoms. The first-order valence-electron chi connectivity index (χ1n) is 25.2. The first-order chi connectivity index (χ1) is 34.5. The van der Waals surface area contributed by atoms with E-state index in [0.717, 1.165) is 74.0 Å². The standard InChI is InChI=1S/C50H62FN13O7/c1-71-40-16-22-62(30-36(40)51)49-53-18-13-41(57-49)56-42-27-39-34(28-54-42)35(29-63(39)32-7-2-3-8-32)45(66)55-31-14-20-60(21-15-31)50(70)61-25-23-59(24-26-61)19-5-4-17-52-37-10-6-9-33-44(37)48(69)64(47(33)68)38-11-12-43(65)58-46(38)67/h6,9-10,13,18,27-29,31-32,36,38,40,52H,2-5,7-8,11-12,14-17,19-26,30H2,1H3,(H,55,66)(H,58,65,67)(H,53,54,56,57)/t36-,38?,40+/m0/s1. The number of urea groups is 1. The Morgan fingerprint density at radius 2 is 1.66 bits per heavy atom. The number of nitrogens with zero attached hydrogens (tertiary/aromatic N) is 9. The number of hydrogen-bond donors (Lipinski definition) is 4. The molecule has 376 valence electrons. The molecule has 0 spiro atoms. The van der Waals surface area contributed by atoms with Crippen molar-refractivity contribution in [3.8, 4) is 0 Å². The second kappa shape index (κ2) is 20.9. The summed E-state index contributed by atoms with van der Waals surface area (Å²) in [5, 5.41) is 12.9. The fourth-order valence-electron chi connectivity index (χ4n) is 11.1. The van der Waals surface area contributed by atoms with E-state index in [1.165, 1.54) is 7.11 Å². The van der Waals surface area contributed by atoms with Crippen molar-refractivity contribution in [2.45, 2.75) is 101 Å². The van der Waals surface area contributed by atoms with Crippen LogP contribution in [0.2, 0.25) is 0 Å². The Morgan fingerprint density at radius 1 is 0.873 bits per heavy atom. The lowest BCUT2D eigenvalue weighted by Crippen LogP contribution is -2.55. The van der Waals surface area contributed by atoms with E-state index in [1.54, 1.807) is 36.7 Å². The lowest BCUT2D eigenvalue weighted by molar-refractivity contribution is -0.136. The molecule has 10 rings (SSSR count). The smallest absolute Gasteiger partial charge is 0.320 e. The minimum Gasteiger partial charge on any atom is -0.384 e. The van der Waals surface area contributed by atoms with Gasteiger partial charge in [0.2, 0.25) is 17.8 Å². The highest BCUT2D eigenvalue weighted by Crippen LogP contribution is 2.36. The van der Waals surface area contributed by atoms with Crippen LogP contribution in [0.3, 0.4) is 0 Å². The minimum atomic E-state index is -1.13.